The minimum Gasteiger partial charge on any atom is -0.475 e. The van der Waals surface area contributed by atoms with Gasteiger partial charge in [0.1, 0.15) is 0 Å². The molecule has 0 saturated heterocycles. The fourth-order valence-electron chi connectivity index (χ4n) is 1.95. The number of pyridine rings is 1. The van der Waals surface area contributed by atoms with Crippen LogP contribution in [0, 0.1) is 6.92 Å². The van der Waals surface area contributed by atoms with Crippen LogP contribution < -0.4 is 0 Å². The van der Waals surface area contributed by atoms with E-state index in [4.69, 9.17) is 9.52 Å². The van der Waals surface area contributed by atoms with Crippen molar-refractivity contribution in [2.75, 3.05) is 0 Å². The number of carboxylic acid groups (broad SMARTS) is 1. The van der Waals surface area contributed by atoms with Crippen molar-refractivity contribution in [1.29, 1.82) is 0 Å². The van der Waals surface area contributed by atoms with Crippen LogP contribution >= 0.6 is 11.8 Å². The van der Waals surface area contributed by atoms with E-state index in [-0.39, 0.29) is 5.76 Å². The lowest BCUT2D eigenvalue weighted by Crippen LogP contribution is -1.91. The minimum atomic E-state index is -1.06. The predicted molar refractivity (Wildman–Crippen MR) is 76.3 cm³/mol. The lowest BCUT2D eigenvalue weighted by atomic mass is 10.2. The number of benzene rings is 1. The van der Waals surface area contributed by atoms with Crippen LogP contribution in [0.1, 0.15) is 16.2 Å². The van der Waals surface area contributed by atoms with Crippen LogP contribution in [-0.2, 0) is 0 Å². The largest absolute Gasteiger partial charge is 0.475 e. The highest BCUT2D eigenvalue weighted by atomic mass is 32.2. The number of carbonyl (C=O) groups is 1. The monoisotopic (exact) mass is 285 g/mol. The molecule has 3 rings (SSSR count). The Morgan fingerprint density at radius 3 is 2.80 bits per heavy atom. The number of hydrogen-bond acceptors (Lipinski definition) is 4. The van der Waals surface area contributed by atoms with Gasteiger partial charge in [0.05, 0.1) is 5.52 Å². The maximum atomic E-state index is 10.8. The Kier molecular flexibility index (Phi) is 3.20. The van der Waals surface area contributed by atoms with Gasteiger partial charge in [-0.25, -0.2) is 4.79 Å². The first-order valence-corrected chi connectivity index (χ1v) is 6.82. The van der Waals surface area contributed by atoms with E-state index in [1.165, 1.54) is 17.8 Å². The summed E-state index contributed by atoms with van der Waals surface area (Å²) in [6.07, 6.45) is 0. The summed E-state index contributed by atoms with van der Waals surface area (Å²) in [5.41, 5.74) is 1.83. The SMILES string of the molecule is Cc1cc(Sc2ccc(C(=O)O)o2)c2ccccc2n1. The summed E-state index contributed by atoms with van der Waals surface area (Å²) in [6.45, 7) is 1.93. The minimum absolute atomic E-state index is 0.0532. The van der Waals surface area contributed by atoms with Gasteiger partial charge in [0.15, 0.2) is 5.09 Å². The van der Waals surface area contributed by atoms with E-state index in [1.54, 1.807) is 6.07 Å². The van der Waals surface area contributed by atoms with Crippen molar-refractivity contribution in [3.05, 3.63) is 53.9 Å². The molecule has 3 aromatic rings. The molecule has 0 fully saturated rings. The summed E-state index contributed by atoms with van der Waals surface area (Å²) in [5, 5.41) is 10.4. The predicted octanol–water partition coefficient (Wildman–Crippen LogP) is 3.99. The highest BCUT2D eigenvalue weighted by Gasteiger charge is 2.12. The van der Waals surface area contributed by atoms with Crippen LogP contribution in [0.15, 0.2) is 56.9 Å². The van der Waals surface area contributed by atoms with Gasteiger partial charge in [-0.15, -0.1) is 0 Å². The zero-order chi connectivity index (χ0) is 14.1. The second-order valence-electron chi connectivity index (χ2n) is 4.30. The Balaban J connectivity index is 2.03. The molecular formula is C15H11NO3S. The van der Waals surface area contributed by atoms with Crippen LogP contribution in [0.4, 0.5) is 0 Å². The first-order valence-electron chi connectivity index (χ1n) is 6.01. The van der Waals surface area contributed by atoms with Crippen molar-refractivity contribution in [2.24, 2.45) is 0 Å². The molecule has 2 heterocycles. The van der Waals surface area contributed by atoms with Crippen LogP contribution in [-0.4, -0.2) is 16.1 Å². The van der Waals surface area contributed by atoms with E-state index in [2.05, 4.69) is 4.98 Å². The quantitative estimate of drug-likeness (QED) is 0.788. The van der Waals surface area contributed by atoms with Crippen LogP contribution in [0.2, 0.25) is 0 Å². The maximum absolute atomic E-state index is 10.8. The molecule has 0 spiro atoms. The van der Waals surface area contributed by atoms with E-state index < -0.39 is 5.97 Å². The van der Waals surface area contributed by atoms with E-state index in [0.29, 0.717) is 5.09 Å². The molecule has 100 valence electrons. The van der Waals surface area contributed by atoms with Crippen molar-refractivity contribution >= 4 is 28.6 Å². The molecule has 0 amide bonds. The molecule has 0 radical (unpaired) electrons. The van der Waals surface area contributed by atoms with E-state index in [9.17, 15) is 4.79 Å². The molecule has 0 saturated carbocycles. The van der Waals surface area contributed by atoms with Gasteiger partial charge in [0, 0.05) is 16.0 Å². The fraction of sp³-hybridized carbons (Fsp3) is 0.0667. The van der Waals surface area contributed by atoms with Gasteiger partial charge in [0.25, 0.3) is 0 Å². The number of fused-ring (bicyclic) bond motifs is 1. The second kappa shape index (κ2) is 5.02. The molecule has 2 aromatic heterocycles. The Morgan fingerprint density at radius 2 is 2.05 bits per heavy atom. The molecular weight excluding hydrogens is 274 g/mol. The molecule has 1 N–H and O–H groups in total. The van der Waals surface area contributed by atoms with E-state index >= 15 is 0 Å². The summed E-state index contributed by atoms with van der Waals surface area (Å²) in [5.74, 6) is -1.12. The number of hydrogen-bond donors (Lipinski definition) is 1. The van der Waals surface area contributed by atoms with Crippen molar-refractivity contribution < 1.29 is 14.3 Å². The molecule has 0 atom stereocenters. The molecule has 0 unspecified atom stereocenters. The van der Waals surface area contributed by atoms with E-state index in [0.717, 1.165) is 21.5 Å². The average Bonchev–Trinajstić information content (AvgIpc) is 2.87. The van der Waals surface area contributed by atoms with Crippen molar-refractivity contribution in [3.8, 4) is 0 Å². The third kappa shape index (κ3) is 2.40. The van der Waals surface area contributed by atoms with Crippen LogP contribution in [0.5, 0.6) is 0 Å². The molecule has 1 aromatic carbocycles. The van der Waals surface area contributed by atoms with Gasteiger partial charge in [-0.3, -0.25) is 4.98 Å². The fourth-order valence-corrected chi connectivity index (χ4v) is 2.95. The number of furan rings is 1. The van der Waals surface area contributed by atoms with Gasteiger partial charge < -0.3 is 9.52 Å². The summed E-state index contributed by atoms with van der Waals surface area (Å²) in [6, 6.07) is 12.9. The van der Waals surface area contributed by atoms with Crippen LogP contribution in [0.3, 0.4) is 0 Å². The van der Waals surface area contributed by atoms with Crippen molar-refractivity contribution in [2.45, 2.75) is 16.9 Å². The normalized spacial score (nSPS) is 10.8. The summed E-state index contributed by atoms with van der Waals surface area (Å²) >= 11 is 1.40. The first-order chi connectivity index (χ1) is 9.63. The lowest BCUT2D eigenvalue weighted by molar-refractivity contribution is 0.0656. The number of nitrogens with zero attached hydrogens (tertiary/aromatic N) is 1. The van der Waals surface area contributed by atoms with Gasteiger partial charge in [-0.2, -0.15) is 0 Å². The number of aromatic nitrogens is 1. The highest BCUT2D eigenvalue weighted by Crippen LogP contribution is 2.34. The number of aromatic carboxylic acids is 1. The first kappa shape index (κ1) is 12.7. The molecule has 4 nitrogen and oxygen atoms in total. The molecule has 20 heavy (non-hydrogen) atoms. The number of carboxylic acids is 1. The van der Waals surface area contributed by atoms with E-state index in [1.807, 2.05) is 37.3 Å². The zero-order valence-corrected chi connectivity index (χ0v) is 11.5. The van der Waals surface area contributed by atoms with Gasteiger partial charge >= 0.3 is 5.97 Å². The van der Waals surface area contributed by atoms with Gasteiger partial charge in [0.2, 0.25) is 5.76 Å². The topological polar surface area (TPSA) is 63.3 Å². The Morgan fingerprint density at radius 1 is 1.25 bits per heavy atom. The molecule has 0 aliphatic carbocycles. The second-order valence-corrected chi connectivity index (χ2v) is 5.35. The van der Waals surface area contributed by atoms with Crippen molar-refractivity contribution in [3.63, 3.8) is 0 Å². The Labute approximate surface area is 119 Å². The van der Waals surface area contributed by atoms with Crippen LogP contribution in [0.25, 0.3) is 10.9 Å². The maximum Gasteiger partial charge on any atom is 0.371 e. The zero-order valence-electron chi connectivity index (χ0n) is 10.7. The number of rotatable bonds is 3. The summed E-state index contributed by atoms with van der Waals surface area (Å²) < 4.78 is 5.28. The third-order valence-electron chi connectivity index (χ3n) is 2.81. The molecule has 5 heteroatoms. The Bertz CT molecular complexity index is 795. The highest BCUT2D eigenvalue weighted by molar-refractivity contribution is 7.99. The Hall–Kier alpha value is -2.27. The molecule has 0 bridgehead atoms. The number of para-hydroxylation sites is 1. The van der Waals surface area contributed by atoms with Gasteiger partial charge in [-0.05, 0) is 31.2 Å². The average molecular weight is 285 g/mol. The smallest absolute Gasteiger partial charge is 0.371 e. The summed E-state index contributed by atoms with van der Waals surface area (Å²) in [7, 11) is 0. The number of aryl methyl sites for hydroxylation is 1. The lowest BCUT2D eigenvalue weighted by Gasteiger charge is -2.05. The molecule has 0 aliphatic heterocycles. The summed E-state index contributed by atoms with van der Waals surface area (Å²) in [4.78, 5) is 16.3. The van der Waals surface area contributed by atoms with Crippen molar-refractivity contribution in [1.82, 2.24) is 4.98 Å². The third-order valence-corrected chi connectivity index (χ3v) is 3.79. The standard InChI is InChI=1S/C15H11NO3S/c1-9-8-13(10-4-2-3-5-11(10)16-9)20-14-7-6-12(19-14)15(17)18/h2-8H,1H3,(H,17,18). The van der Waals surface area contributed by atoms with Gasteiger partial charge in [-0.1, -0.05) is 30.0 Å². The molecule has 0 aliphatic rings.